The first-order chi connectivity index (χ1) is 5.77. The molecule has 0 spiro atoms. The average molecular weight is 172 g/mol. The second-order valence-corrected chi connectivity index (χ2v) is 3.09. The van der Waals surface area contributed by atoms with Gasteiger partial charge in [0, 0.05) is 6.42 Å². The Hall–Kier alpha value is -0.570. The quantitative estimate of drug-likeness (QED) is 0.537. The monoisotopic (exact) mass is 172 g/mol. The largest absolute Gasteiger partial charge is 0.370 e. The molecule has 3 nitrogen and oxygen atoms in total. The Morgan fingerprint density at radius 3 is 2.33 bits per heavy atom. The fourth-order valence-electron chi connectivity index (χ4n) is 1.13. The predicted octanol–water partition coefficient (Wildman–Crippen LogP) is 1.03. The highest BCUT2D eigenvalue weighted by Gasteiger charge is 1.93. The van der Waals surface area contributed by atoms with Gasteiger partial charge in [0.15, 0.2) is 0 Å². The number of hydrogen-bond acceptors (Lipinski definition) is 2. The second kappa shape index (κ2) is 8.53. The van der Waals surface area contributed by atoms with Gasteiger partial charge in [0.05, 0.1) is 0 Å². The summed E-state index contributed by atoms with van der Waals surface area (Å²) in [5, 5.41) is 3.10. The summed E-state index contributed by atoms with van der Waals surface area (Å²) in [7, 11) is 1.97. The molecule has 0 rings (SSSR count). The Morgan fingerprint density at radius 1 is 1.17 bits per heavy atom. The maximum Gasteiger partial charge on any atom is 0.217 e. The van der Waals surface area contributed by atoms with Gasteiger partial charge in [-0.1, -0.05) is 19.3 Å². The van der Waals surface area contributed by atoms with Crippen LogP contribution in [0, 0.1) is 0 Å². The first-order valence-electron chi connectivity index (χ1n) is 4.70. The van der Waals surface area contributed by atoms with E-state index in [0.29, 0.717) is 6.42 Å². The lowest BCUT2D eigenvalue weighted by Crippen LogP contribution is -2.09. The molecular weight excluding hydrogens is 152 g/mol. The van der Waals surface area contributed by atoms with Crippen LogP contribution >= 0.6 is 0 Å². The Labute approximate surface area is 74.7 Å². The zero-order chi connectivity index (χ0) is 9.23. The molecular formula is C9H20N2O. The molecule has 3 heteroatoms. The first kappa shape index (κ1) is 11.4. The van der Waals surface area contributed by atoms with Crippen LogP contribution in [0.3, 0.4) is 0 Å². The van der Waals surface area contributed by atoms with Gasteiger partial charge in [0.25, 0.3) is 0 Å². The van der Waals surface area contributed by atoms with E-state index in [-0.39, 0.29) is 5.91 Å². The van der Waals surface area contributed by atoms with Crippen LogP contribution in [0.25, 0.3) is 0 Å². The number of hydrogen-bond donors (Lipinski definition) is 2. The van der Waals surface area contributed by atoms with E-state index in [1.54, 1.807) is 0 Å². The minimum Gasteiger partial charge on any atom is -0.370 e. The van der Waals surface area contributed by atoms with Gasteiger partial charge in [0.1, 0.15) is 0 Å². The lowest BCUT2D eigenvalue weighted by Gasteiger charge is -1.99. The summed E-state index contributed by atoms with van der Waals surface area (Å²) < 4.78 is 0. The molecule has 0 heterocycles. The zero-order valence-electron chi connectivity index (χ0n) is 7.94. The van der Waals surface area contributed by atoms with Crippen molar-refractivity contribution < 1.29 is 4.79 Å². The molecule has 0 fully saturated rings. The molecule has 0 aromatic heterocycles. The summed E-state index contributed by atoms with van der Waals surface area (Å²) in [4.78, 5) is 10.3. The maximum absolute atomic E-state index is 10.3. The summed E-state index contributed by atoms with van der Waals surface area (Å²) in [5.41, 5.74) is 5.01. The van der Waals surface area contributed by atoms with Crippen LogP contribution in [0.5, 0.6) is 0 Å². The van der Waals surface area contributed by atoms with Gasteiger partial charge in [-0.25, -0.2) is 0 Å². The highest BCUT2D eigenvalue weighted by Crippen LogP contribution is 2.04. The zero-order valence-corrected chi connectivity index (χ0v) is 7.94. The topological polar surface area (TPSA) is 55.1 Å². The van der Waals surface area contributed by atoms with Crippen molar-refractivity contribution in [1.29, 1.82) is 0 Å². The molecule has 0 aliphatic rings. The van der Waals surface area contributed by atoms with Crippen LogP contribution in [0.4, 0.5) is 0 Å². The van der Waals surface area contributed by atoms with Crippen molar-refractivity contribution in [2.24, 2.45) is 5.73 Å². The van der Waals surface area contributed by atoms with Crippen molar-refractivity contribution in [2.45, 2.75) is 38.5 Å². The Morgan fingerprint density at radius 2 is 1.75 bits per heavy atom. The van der Waals surface area contributed by atoms with Gasteiger partial charge < -0.3 is 11.1 Å². The molecule has 0 aliphatic carbocycles. The van der Waals surface area contributed by atoms with E-state index in [4.69, 9.17) is 5.73 Å². The number of primary amides is 1. The van der Waals surface area contributed by atoms with E-state index in [2.05, 4.69) is 5.32 Å². The molecule has 72 valence electrons. The molecule has 0 saturated heterocycles. The molecule has 0 aromatic carbocycles. The SMILES string of the molecule is CNCCCCCCCC(N)=O. The third kappa shape index (κ3) is 9.43. The van der Waals surface area contributed by atoms with Crippen LogP contribution in [0.2, 0.25) is 0 Å². The third-order valence-electron chi connectivity index (χ3n) is 1.85. The van der Waals surface area contributed by atoms with Crippen molar-refractivity contribution in [1.82, 2.24) is 5.32 Å². The Balaban J connectivity index is 2.86. The highest BCUT2D eigenvalue weighted by atomic mass is 16.1. The van der Waals surface area contributed by atoms with E-state index in [1.165, 1.54) is 19.3 Å². The minimum atomic E-state index is -0.176. The molecule has 12 heavy (non-hydrogen) atoms. The van der Waals surface area contributed by atoms with Crippen LogP contribution in [-0.2, 0) is 4.79 Å². The van der Waals surface area contributed by atoms with Crippen LogP contribution < -0.4 is 11.1 Å². The molecule has 0 radical (unpaired) electrons. The van der Waals surface area contributed by atoms with Crippen molar-refractivity contribution in [3.63, 3.8) is 0 Å². The first-order valence-corrected chi connectivity index (χ1v) is 4.70. The van der Waals surface area contributed by atoms with Crippen molar-refractivity contribution >= 4 is 5.91 Å². The Kier molecular flexibility index (Phi) is 8.12. The normalized spacial score (nSPS) is 10.1. The van der Waals surface area contributed by atoms with Gasteiger partial charge in [-0.05, 0) is 26.4 Å². The van der Waals surface area contributed by atoms with E-state index in [0.717, 1.165) is 19.4 Å². The van der Waals surface area contributed by atoms with Crippen molar-refractivity contribution in [3.8, 4) is 0 Å². The number of carbonyl (C=O) groups excluding carboxylic acids is 1. The molecule has 1 amide bonds. The van der Waals surface area contributed by atoms with Crippen LogP contribution in [-0.4, -0.2) is 19.5 Å². The van der Waals surface area contributed by atoms with E-state index < -0.39 is 0 Å². The van der Waals surface area contributed by atoms with E-state index in [1.807, 2.05) is 7.05 Å². The summed E-state index contributed by atoms with van der Waals surface area (Å²) >= 11 is 0. The second-order valence-electron chi connectivity index (χ2n) is 3.09. The average Bonchev–Trinajstić information content (AvgIpc) is 2.02. The van der Waals surface area contributed by atoms with Gasteiger partial charge in [-0.3, -0.25) is 4.79 Å². The van der Waals surface area contributed by atoms with Gasteiger partial charge in [-0.2, -0.15) is 0 Å². The Bertz CT molecular complexity index is 115. The number of carbonyl (C=O) groups is 1. The number of unbranched alkanes of at least 4 members (excludes halogenated alkanes) is 4. The molecule has 0 aromatic rings. The van der Waals surface area contributed by atoms with Gasteiger partial charge in [-0.15, -0.1) is 0 Å². The maximum atomic E-state index is 10.3. The van der Waals surface area contributed by atoms with Crippen molar-refractivity contribution in [3.05, 3.63) is 0 Å². The molecule has 0 aliphatic heterocycles. The summed E-state index contributed by atoms with van der Waals surface area (Å²) in [5.74, 6) is -0.176. The van der Waals surface area contributed by atoms with Crippen molar-refractivity contribution in [2.75, 3.05) is 13.6 Å². The lowest BCUT2D eigenvalue weighted by molar-refractivity contribution is -0.118. The number of nitrogens with one attached hydrogen (secondary N) is 1. The molecule has 0 unspecified atom stereocenters. The number of rotatable bonds is 8. The van der Waals surface area contributed by atoms with E-state index >= 15 is 0 Å². The summed E-state index contributed by atoms with van der Waals surface area (Å²) in [6, 6.07) is 0. The predicted molar refractivity (Wildman–Crippen MR) is 50.8 cm³/mol. The summed E-state index contributed by atoms with van der Waals surface area (Å²) in [6.07, 6.45) is 6.33. The van der Waals surface area contributed by atoms with Gasteiger partial charge in [0.2, 0.25) is 5.91 Å². The third-order valence-corrected chi connectivity index (χ3v) is 1.85. The fraction of sp³-hybridized carbons (Fsp3) is 0.889. The molecule has 0 atom stereocenters. The number of amides is 1. The van der Waals surface area contributed by atoms with E-state index in [9.17, 15) is 4.79 Å². The standard InChI is InChI=1S/C9H20N2O/c1-11-8-6-4-2-3-5-7-9(10)12/h11H,2-8H2,1H3,(H2,10,12). The van der Waals surface area contributed by atoms with Crippen LogP contribution in [0.15, 0.2) is 0 Å². The molecule has 0 saturated carbocycles. The highest BCUT2D eigenvalue weighted by molar-refractivity contribution is 5.73. The van der Waals surface area contributed by atoms with Gasteiger partial charge >= 0.3 is 0 Å². The molecule has 3 N–H and O–H groups in total. The summed E-state index contributed by atoms with van der Waals surface area (Å²) in [6.45, 7) is 1.09. The van der Waals surface area contributed by atoms with Crippen LogP contribution in [0.1, 0.15) is 38.5 Å². The minimum absolute atomic E-state index is 0.176. The molecule has 0 bridgehead atoms. The smallest absolute Gasteiger partial charge is 0.217 e. The fourth-order valence-corrected chi connectivity index (χ4v) is 1.13. The number of nitrogens with two attached hydrogens (primary N) is 1. The lowest BCUT2D eigenvalue weighted by atomic mass is 10.1.